The standard InChI is InChI=1S/C6H10N2O/c1-6(5-8-9)3-2-4-7/h5-6,9H,2-3H2,1H3. The van der Waals surface area contributed by atoms with E-state index in [2.05, 4.69) is 5.16 Å². The Bertz CT molecular complexity index is 126. The number of nitriles is 1. The van der Waals surface area contributed by atoms with Crippen LogP contribution in [0.2, 0.25) is 0 Å². The van der Waals surface area contributed by atoms with Crippen LogP contribution in [0.5, 0.6) is 0 Å². The third kappa shape index (κ3) is 4.82. The molecule has 0 heterocycles. The second kappa shape index (κ2) is 5.10. The fourth-order valence-corrected chi connectivity index (χ4v) is 0.481. The Balaban J connectivity index is 3.29. The van der Waals surface area contributed by atoms with E-state index in [-0.39, 0.29) is 5.92 Å². The maximum atomic E-state index is 8.13. The van der Waals surface area contributed by atoms with E-state index in [1.807, 2.05) is 13.0 Å². The van der Waals surface area contributed by atoms with Crippen LogP contribution in [0.25, 0.3) is 0 Å². The molecule has 1 atom stereocenters. The van der Waals surface area contributed by atoms with Crippen LogP contribution in [0.1, 0.15) is 19.8 Å². The normalized spacial score (nSPS) is 13.3. The van der Waals surface area contributed by atoms with Crippen LogP contribution in [0.3, 0.4) is 0 Å². The minimum atomic E-state index is 0.203. The molecular weight excluding hydrogens is 116 g/mol. The maximum Gasteiger partial charge on any atom is 0.0621 e. The first-order chi connectivity index (χ1) is 4.31. The zero-order valence-electron chi connectivity index (χ0n) is 5.41. The Labute approximate surface area is 54.6 Å². The zero-order chi connectivity index (χ0) is 7.11. The van der Waals surface area contributed by atoms with E-state index >= 15 is 0 Å². The van der Waals surface area contributed by atoms with Crippen molar-refractivity contribution in [1.29, 1.82) is 5.26 Å². The van der Waals surface area contributed by atoms with Crippen LogP contribution >= 0.6 is 0 Å². The highest BCUT2D eigenvalue weighted by Crippen LogP contribution is 2.00. The SMILES string of the molecule is CC(C=NO)CCC#N. The molecule has 0 spiro atoms. The average Bonchev–Trinajstić information content (AvgIpc) is 1.85. The Morgan fingerprint density at radius 1 is 1.89 bits per heavy atom. The topological polar surface area (TPSA) is 56.4 Å². The van der Waals surface area contributed by atoms with Crippen LogP contribution in [-0.2, 0) is 0 Å². The molecule has 3 nitrogen and oxygen atoms in total. The van der Waals surface area contributed by atoms with Gasteiger partial charge in [0.25, 0.3) is 0 Å². The summed E-state index contributed by atoms with van der Waals surface area (Å²) in [6.45, 7) is 1.90. The van der Waals surface area contributed by atoms with Crippen LogP contribution < -0.4 is 0 Å². The van der Waals surface area contributed by atoms with Gasteiger partial charge < -0.3 is 5.21 Å². The molecule has 0 aliphatic rings. The molecule has 0 aromatic heterocycles. The van der Waals surface area contributed by atoms with E-state index < -0.39 is 0 Å². The first kappa shape index (κ1) is 7.96. The molecule has 9 heavy (non-hydrogen) atoms. The van der Waals surface area contributed by atoms with Crippen molar-refractivity contribution in [2.75, 3.05) is 0 Å². The van der Waals surface area contributed by atoms with Crippen molar-refractivity contribution in [2.24, 2.45) is 11.1 Å². The van der Waals surface area contributed by atoms with Crippen LogP contribution in [0.15, 0.2) is 5.16 Å². The number of nitrogens with zero attached hydrogens (tertiary/aromatic N) is 2. The Hall–Kier alpha value is -1.04. The summed E-state index contributed by atoms with van der Waals surface area (Å²) in [5, 5.41) is 19.0. The molecule has 0 radical (unpaired) electrons. The Morgan fingerprint density at radius 2 is 2.56 bits per heavy atom. The minimum Gasteiger partial charge on any atom is -0.411 e. The van der Waals surface area contributed by atoms with Crippen molar-refractivity contribution in [1.82, 2.24) is 0 Å². The second-order valence-electron chi connectivity index (χ2n) is 1.94. The molecule has 1 unspecified atom stereocenters. The highest BCUT2D eigenvalue weighted by molar-refractivity contribution is 5.59. The van der Waals surface area contributed by atoms with Gasteiger partial charge in [-0.05, 0) is 12.3 Å². The van der Waals surface area contributed by atoms with Crippen molar-refractivity contribution in [3.8, 4) is 6.07 Å². The third-order valence-electron chi connectivity index (χ3n) is 1.03. The summed E-state index contributed by atoms with van der Waals surface area (Å²) < 4.78 is 0. The average molecular weight is 126 g/mol. The molecule has 1 N–H and O–H groups in total. The lowest BCUT2D eigenvalue weighted by Crippen LogP contribution is -1.94. The fraction of sp³-hybridized carbons (Fsp3) is 0.667. The summed E-state index contributed by atoms with van der Waals surface area (Å²) in [6.07, 6.45) is 2.71. The molecule has 0 saturated carbocycles. The number of hydrogen-bond acceptors (Lipinski definition) is 3. The number of hydrogen-bond donors (Lipinski definition) is 1. The highest BCUT2D eigenvalue weighted by Gasteiger charge is 1.95. The molecule has 3 heteroatoms. The van der Waals surface area contributed by atoms with Gasteiger partial charge in [0.2, 0.25) is 0 Å². The van der Waals surface area contributed by atoms with Gasteiger partial charge in [-0.15, -0.1) is 5.16 Å². The van der Waals surface area contributed by atoms with Crippen LogP contribution in [0.4, 0.5) is 0 Å². The van der Waals surface area contributed by atoms with E-state index in [0.29, 0.717) is 6.42 Å². The number of oxime groups is 1. The maximum absolute atomic E-state index is 8.13. The van der Waals surface area contributed by atoms with Gasteiger partial charge in [-0.25, -0.2) is 0 Å². The first-order valence-electron chi connectivity index (χ1n) is 2.85. The quantitative estimate of drug-likeness (QED) is 0.353. The Kier molecular flexibility index (Phi) is 4.51. The molecule has 0 rings (SSSR count). The predicted molar refractivity (Wildman–Crippen MR) is 34.3 cm³/mol. The summed E-state index contributed by atoms with van der Waals surface area (Å²) in [5.74, 6) is 0.203. The summed E-state index contributed by atoms with van der Waals surface area (Å²) >= 11 is 0. The molecule has 0 saturated heterocycles. The van der Waals surface area contributed by atoms with E-state index in [4.69, 9.17) is 10.5 Å². The van der Waals surface area contributed by atoms with Gasteiger partial charge in [0.15, 0.2) is 0 Å². The van der Waals surface area contributed by atoms with Gasteiger partial charge in [-0.3, -0.25) is 0 Å². The Morgan fingerprint density at radius 3 is 3.00 bits per heavy atom. The largest absolute Gasteiger partial charge is 0.411 e. The molecule has 0 aliphatic heterocycles. The van der Waals surface area contributed by atoms with Gasteiger partial charge in [-0.1, -0.05) is 6.92 Å². The lowest BCUT2D eigenvalue weighted by Gasteiger charge is -1.96. The van der Waals surface area contributed by atoms with Crippen molar-refractivity contribution >= 4 is 6.21 Å². The number of rotatable bonds is 3. The zero-order valence-corrected chi connectivity index (χ0v) is 5.41. The van der Waals surface area contributed by atoms with E-state index in [0.717, 1.165) is 6.42 Å². The second-order valence-corrected chi connectivity index (χ2v) is 1.94. The van der Waals surface area contributed by atoms with Crippen molar-refractivity contribution in [2.45, 2.75) is 19.8 Å². The van der Waals surface area contributed by atoms with Gasteiger partial charge >= 0.3 is 0 Å². The van der Waals surface area contributed by atoms with E-state index in [1.165, 1.54) is 6.21 Å². The van der Waals surface area contributed by atoms with Crippen molar-refractivity contribution in [3.63, 3.8) is 0 Å². The molecule has 50 valence electrons. The summed E-state index contributed by atoms with van der Waals surface area (Å²) in [4.78, 5) is 0. The molecule has 0 aliphatic carbocycles. The third-order valence-corrected chi connectivity index (χ3v) is 1.03. The smallest absolute Gasteiger partial charge is 0.0621 e. The van der Waals surface area contributed by atoms with Crippen molar-refractivity contribution < 1.29 is 5.21 Å². The van der Waals surface area contributed by atoms with E-state index in [9.17, 15) is 0 Å². The predicted octanol–water partition coefficient (Wildman–Crippen LogP) is 1.39. The van der Waals surface area contributed by atoms with Gasteiger partial charge in [0.1, 0.15) is 0 Å². The lowest BCUT2D eigenvalue weighted by atomic mass is 10.1. The van der Waals surface area contributed by atoms with Crippen LogP contribution in [0, 0.1) is 17.2 Å². The van der Waals surface area contributed by atoms with Crippen LogP contribution in [-0.4, -0.2) is 11.4 Å². The highest BCUT2D eigenvalue weighted by atomic mass is 16.4. The fourth-order valence-electron chi connectivity index (χ4n) is 0.481. The monoisotopic (exact) mass is 126 g/mol. The van der Waals surface area contributed by atoms with E-state index in [1.54, 1.807) is 0 Å². The van der Waals surface area contributed by atoms with Gasteiger partial charge in [0.05, 0.1) is 6.07 Å². The van der Waals surface area contributed by atoms with Crippen molar-refractivity contribution in [3.05, 3.63) is 0 Å². The molecule has 0 fully saturated rings. The lowest BCUT2D eigenvalue weighted by molar-refractivity contribution is 0.318. The van der Waals surface area contributed by atoms with Gasteiger partial charge in [0, 0.05) is 12.6 Å². The molecular formula is C6H10N2O. The summed E-state index contributed by atoms with van der Waals surface area (Å²) in [6, 6.07) is 2.01. The molecule has 0 aromatic rings. The summed E-state index contributed by atoms with van der Waals surface area (Å²) in [5.41, 5.74) is 0. The summed E-state index contributed by atoms with van der Waals surface area (Å²) in [7, 11) is 0. The molecule has 0 amide bonds. The molecule has 0 bridgehead atoms. The molecule has 0 aromatic carbocycles. The van der Waals surface area contributed by atoms with Gasteiger partial charge in [-0.2, -0.15) is 5.26 Å². The first-order valence-corrected chi connectivity index (χ1v) is 2.85. The minimum absolute atomic E-state index is 0.203.